The highest BCUT2D eigenvalue weighted by molar-refractivity contribution is 6.43. The van der Waals surface area contributed by atoms with Crippen molar-refractivity contribution in [1.82, 2.24) is 5.32 Å². The summed E-state index contributed by atoms with van der Waals surface area (Å²) < 4.78 is 0. The molecule has 0 saturated carbocycles. The summed E-state index contributed by atoms with van der Waals surface area (Å²) in [5, 5.41) is 40.9. The molecule has 8 heteroatoms. The predicted octanol–water partition coefficient (Wildman–Crippen LogP) is 1.32. The SMILES string of the molecule is CCCc1ccc(CC(=O)N[C@@H](Cc2cccc(C(=O)O)c2O)B(O)O)cc1. The van der Waals surface area contributed by atoms with Gasteiger partial charge in [-0.2, -0.15) is 0 Å². The van der Waals surface area contributed by atoms with E-state index in [1.807, 2.05) is 24.3 Å². The van der Waals surface area contributed by atoms with Crippen molar-refractivity contribution in [3.05, 3.63) is 64.7 Å². The average molecular weight is 385 g/mol. The van der Waals surface area contributed by atoms with E-state index in [9.17, 15) is 24.7 Å². The number of para-hydroxylation sites is 1. The van der Waals surface area contributed by atoms with Gasteiger partial charge in [-0.25, -0.2) is 4.79 Å². The van der Waals surface area contributed by atoms with Crippen molar-refractivity contribution in [2.75, 3.05) is 0 Å². The molecule has 7 nitrogen and oxygen atoms in total. The Kier molecular flexibility index (Phi) is 7.60. The lowest BCUT2D eigenvalue weighted by Gasteiger charge is -2.19. The fraction of sp³-hybridized carbons (Fsp3) is 0.300. The van der Waals surface area contributed by atoms with Crippen LogP contribution in [0.2, 0.25) is 0 Å². The zero-order valence-electron chi connectivity index (χ0n) is 15.6. The number of carboxylic acid groups (broad SMARTS) is 1. The Morgan fingerprint density at radius 3 is 2.29 bits per heavy atom. The van der Waals surface area contributed by atoms with E-state index in [0.29, 0.717) is 0 Å². The van der Waals surface area contributed by atoms with E-state index in [1.54, 1.807) is 0 Å². The van der Waals surface area contributed by atoms with Gasteiger partial charge in [-0.3, -0.25) is 4.79 Å². The summed E-state index contributed by atoms with van der Waals surface area (Å²) in [7, 11) is -1.87. The number of benzene rings is 2. The number of carbonyl (C=O) groups is 2. The van der Waals surface area contributed by atoms with Gasteiger partial charge in [0.1, 0.15) is 11.3 Å². The van der Waals surface area contributed by atoms with E-state index in [-0.39, 0.29) is 24.0 Å². The number of hydrogen-bond acceptors (Lipinski definition) is 5. The molecule has 1 amide bonds. The van der Waals surface area contributed by atoms with Gasteiger partial charge in [-0.05, 0) is 35.6 Å². The van der Waals surface area contributed by atoms with Gasteiger partial charge >= 0.3 is 13.1 Å². The number of carbonyl (C=O) groups excluding carboxylic acids is 1. The molecule has 148 valence electrons. The Labute approximate surface area is 163 Å². The van der Waals surface area contributed by atoms with Gasteiger partial charge in [0.15, 0.2) is 0 Å². The second kappa shape index (κ2) is 9.91. The summed E-state index contributed by atoms with van der Waals surface area (Å²) in [6.07, 6.45) is 1.93. The molecule has 0 unspecified atom stereocenters. The molecule has 28 heavy (non-hydrogen) atoms. The molecule has 0 saturated heterocycles. The van der Waals surface area contributed by atoms with Gasteiger partial charge in [0.2, 0.25) is 5.91 Å². The Hall–Kier alpha value is -2.84. The second-order valence-corrected chi connectivity index (χ2v) is 6.65. The van der Waals surface area contributed by atoms with Crippen molar-refractivity contribution in [3.8, 4) is 5.75 Å². The third-order valence-corrected chi connectivity index (χ3v) is 4.42. The molecule has 0 fully saturated rings. The maximum Gasteiger partial charge on any atom is 0.475 e. The Bertz CT molecular complexity index is 822. The molecule has 2 aromatic rings. The molecule has 0 aliphatic rings. The van der Waals surface area contributed by atoms with E-state index in [0.717, 1.165) is 18.4 Å². The summed E-state index contributed by atoms with van der Waals surface area (Å²) in [4.78, 5) is 23.4. The number of hydrogen-bond donors (Lipinski definition) is 5. The average Bonchev–Trinajstić information content (AvgIpc) is 2.64. The highest BCUT2D eigenvalue weighted by atomic mass is 16.4. The standard InChI is InChI=1S/C20H24BNO6/c1-2-4-13-7-9-14(10-8-13)11-18(23)22-17(21(27)28)12-15-5-3-6-16(19(15)24)20(25)26/h3,5-10,17,24,27-28H,2,4,11-12H2,1H3,(H,22,23)(H,25,26)/t17-/m0/s1. The van der Waals surface area contributed by atoms with Crippen molar-refractivity contribution in [2.24, 2.45) is 0 Å². The van der Waals surface area contributed by atoms with Gasteiger partial charge in [-0.1, -0.05) is 49.7 Å². The summed E-state index contributed by atoms with van der Waals surface area (Å²) in [5.41, 5.74) is 1.88. The molecule has 0 aromatic heterocycles. The minimum absolute atomic E-state index is 0.0662. The van der Waals surface area contributed by atoms with Gasteiger partial charge in [0, 0.05) is 0 Å². The Morgan fingerprint density at radius 2 is 1.71 bits per heavy atom. The summed E-state index contributed by atoms with van der Waals surface area (Å²) in [6, 6.07) is 11.8. The molecular weight excluding hydrogens is 361 g/mol. The monoisotopic (exact) mass is 385 g/mol. The lowest BCUT2D eigenvalue weighted by atomic mass is 9.75. The number of nitrogens with one attached hydrogen (secondary N) is 1. The van der Waals surface area contributed by atoms with E-state index in [1.165, 1.54) is 23.8 Å². The molecule has 2 aromatic carbocycles. The lowest BCUT2D eigenvalue weighted by molar-refractivity contribution is -0.120. The summed E-state index contributed by atoms with van der Waals surface area (Å²) in [5.74, 6) is -3.26. The number of rotatable bonds is 9. The van der Waals surface area contributed by atoms with Crippen molar-refractivity contribution >= 4 is 19.0 Å². The maximum atomic E-state index is 12.3. The summed E-state index contributed by atoms with van der Waals surface area (Å²) >= 11 is 0. The molecule has 0 radical (unpaired) electrons. The molecule has 0 aliphatic carbocycles. The fourth-order valence-electron chi connectivity index (χ4n) is 2.95. The van der Waals surface area contributed by atoms with Crippen molar-refractivity contribution in [1.29, 1.82) is 0 Å². The largest absolute Gasteiger partial charge is 0.507 e. The van der Waals surface area contributed by atoms with Crippen LogP contribution >= 0.6 is 0 Å². The predicted molar refractivity (Wildman–Crippen MR) is 105 cm³/mol. The third kappa shape index (κ3) is 5.83. The van der Waals surface area contributed by atoms with E-state index in [2.05, 4.69) is 12.2 Å². The first-order valence-electron chi connectivity index (χ1n) is 9.09. The van der Waals surface area contributed by atoms with Gasteiger partial charge < -0.3 is 25.6 Å². The molecule has 0 heterocycles. The minimum Gasteiger partial charge on any atom is -0.507 e. The maximum absolute atomic E-state index is 12.3. The smallest absolute Gasteiger partial charge is 0.475 e. The summed E-state index contributed by atoms with van der Waals surface area (Å²) in [6.45, 7) is 2.09. The van der Waals surface area contributed by atoms with Crippen LogP contribution in [0.15, 0.2) is 42.5 Å². The third-order valence-electron chi connectivity index (χ3n) is 4.42. The highest BCUT2D eigenvalue weighted by Crippen LogP contribution is 2.24. The van der Waals surface area contributed by atoms with Crippen LogP contribution in [0.25, 0.3) is 0 Å². The normalized spacial score (nSPS) is 11.7. The van der Waals surface area contributed by atoms with Crippen LogP contribution in [0.5, 0.6) is 5.75 Å². The second-order valence-electron chi connectivity index (χ2n) is 6.65. The fourth-order valence-corrected chi connectivity index (χ4v) is 2.95. The first-order chi connectivity index (χ1) is 13.3. The lowest BCUT2D eigenvalue weighted by Crippen LogP contribution is -2.48. The number of aryl methyl sites for hydroxylation is 1. The molecule has 0 bridgehead atoms. The number of aromatic carboxylic acids is 1. The number of carboxylic acids is 1. The molecular formula is C20H24BNO6. The van der Waals surface area contributed by atoms with Crippen LogP contribution in [0.3, 0.4) is 0 Å². The van der Waals surface area contributed by atoms with Crippen LogP contribution in [-0.4, -0.2) is 45.2 Å². The topological polar surface area (TPSA) is 127 Å². The molecule has 5 N–H and O–H groups in total. The Morgan fingerprint density at radius 1 is 1.07 bits per heavy atom. The minimum atomic E-state index is -1.87. The first-order valence-corrected chi connectivity index (χ1v) is 9.09. The van der Waals surface area contributed by atoms with E-state index < -0.39 is 30.7 Å². The van der Waals surface area contributed by atoms with Crippen molar-refractivity contribution < 1.29 is 29.9 Å². The van der Waals surface area contributed by atoms with Gasteiger partial charge in [0.25, 0.3) is 0 Å². The number of phenols is 1. The zero-order valence-corrected chi connectivity index (χ0v) is 15.6. The highest BCUT2D eigenvalue weighted by Gasteiger charge is 2.27. The molecule has 1 atom stereocenters. The zero-order chi connectivity index (χ0) is 20.7. The van der Waals surface area contributed by atoms with Crippen LogP contribution in [0, 0.1) is 0 Å². The van der Waals surface area contributed by atoms with Crippen LogP contribution in [0.1, 0.15) is 40.4 Å². The first kappa shape index (κ1) is 21.5. The van der Waals surface area contributed by atoms with Crippen LogP contribution in [0.4, 0.5) is 0 Å². The van der Waals surface area contributed by atoms with Crippen LogP contribution in [-0.2, 0) is 24.1 Å². The molecule has 0 spiro atoms. The van der Waals surface area contributed by atoms with Gasteiger partial charge in [0.05, 0.1) is 12.4 Å². The van der Waals surface area contributed by atoms with Crippen molar-refractivity contribution in [3.63, 3.8) is 0 Å². The van der Waals surface area contributed by atoms with Gasteiger partial charge in [-0.15, -0.1) is 0 Å². The molecule has 2 rings (SSSR count). The number of amides is 1. The molecule has 0 aliphatic heterocycles. The van der Waals surface area contributed by atoms with E-state index in [4.69, 9.17) is 5.11 Å². The quantitative estimate of drug-likeness (QED) is 0.415. The van der Waals surface area contributed by atoms with Crippen molar-refractivity contribution in [2.45, 2.75) is 38.5 Å². The Balaban J connectivity index is 2.05. The van der Waals surface area contributed by atoms with E-state index >= 15 is 0 Å². The van der Waals surface area contributed by atoms with Crippen LogP contribution < -0.4 is 5.32 Å². The number of aromatic hydroxyl groups is 1.